The lowest BCUT2D eigenvalue weighted by molar-refractivity contribution is -0.391. The normalized spacial score (nSPS) is 34.1. The van der Waals surface area contributed by atoms with Gasteiger partial charge in [-0.15, -0.1) is 0 Å². The highest BCUT2D eigenvalue weighted by atomic mass is 19.4. The molecule has 416 valence electrons. The highest BCUT2D eigenvalue weighted by Crippen LogP contribution is 2.60. The summed E-state index contributed by atoms with van der Waals surface area (Å²) in [5.41, 5.74) is -9.19. The van der Waals surface area contributed by atoms with Gasteiger partial charge < -0.3 is 43.7 Å². The smallest absolute Gasteiger partial charge is 0.426 e. The summed E-state index contributed by atoms with van der Waals surface area (Å²) in [6.45, 7) is 20.2. The van der Waals surface area contributed by atoms with Gasteiger partial charge in [0.25, 0.3) is 5.60 Å². The van der Waals surface area contributed by atoms with E-state index in [1.54, 1.807) is 13.8 Å². The van der Waals surface area contributed by atoms with E-state index in [0.29, 0.717) is 48.3 Å². The quantitative estimate of drug-likeness (QED) is 0.0826. The van der Waals surface area contributed by atoms with Crippen LogP contribution in [0.25, 0.3) is 0 Å². The number of cyclic esters (lactones) is 1. The molecule has 0 aromatic carbocycles. The minimum absolute atomic E-state index is 0.0646. The second-order valence-corrected chi connectivity index (χ2v) is 21.5. The summed E-state index contributed by atoms with van der Waals surface area (Å²) in [6.07, 6.45) is -16.8. The molecule has 15 nitrogen and oxygen atoms in total. The molecular formula is C50H63F9O15. The van der Waals surface area contributed by atoms with E-state index in [2.05, 4.69) is 35.8 Å². The van der Waals surface area contributed by atoms with Crippen molar-refractivity contribution in [3.63, 3.8) is 0 Å². The average molecular weight is 1080 g/mol. The molecule has 7 aliphatic carbocycles. The van der Waals surface area contributed by atoms with Gasteiger partial charge in [0.15, 0.2) is 5.60 Å². The fourth-order valence-corrected chi connectivity index (χ4v) is 11.9. The first-order valence-corrected chi connectivity index (χ1v) is 24.0. The summed E-state index contributed by atoms with van der Waals surface area (Å²) in [5, 5.41) is 29.9. The van der Waals surface area contributed by atoms with E-state index in [-0.39, 0.29) is 60.0 Å². The minimum Gasteiger partial charge on any atom is -0.463 e. The van der Waals surface area contributed by atoms with E-state index in [0.717, 1.165) is 45.4 Å². The second kappa shape index (κ2) is 21.6. The first-order chi connectivity index (χ1) is 33.7. The lowest BCUT2D eigenvalue weighted by atomic mass is 9.52. The third-order valence-electron chi connectivity index (χ3n) is 15.2. The Balaban J connectivity index is 0.000000193. The van der Waals surface area contributed by atoms with Crippen molar-refractivity contribution in [2.45, 2.75) is 177 Å². The van der Waals surface area contributed by atoms with E-state index >= 15 is 0 Å². The van der Waals surface area contributed by atoms with Crippen LogP contribution in [0.4, 0.5) is 39.5 Å². The summed E-state index contributed by atoms with van der Waals surface area (Å²) in [5.74, 6) is -6.40. The summed E-state index contributed by atoms with van der Waals surface area (Å²) >= 11 is 0. The Kier molecular flexibility index (Phi) is 17.5. The van der Waals surface area contributed by atoms with Gasteiger partial charge in [-0.2, -0.15) is 39.5 Å². The molecule has 9 fully saturated rings. The molecule has 0 spiro atoms. The van der Waals surface area contributed by atoms with Crippen LogP contribution in [0.3, 0.4) is 0 Å². The molecule has 12 unspecified atom stereocenters. The number of aliphatic hydroxyl groups is 3. The van der Waals surface area contributed by atoms with Crippen LogP contribution in [0.1, 0.15) is 112 Å². The van der Waals surface area contributed by atoms with Crippen LogP contribution in [0, 0.1) is 41.4 Å². The molecule has 0 aromatic heterocycles. The van der Waals surface area contributed by atoms with Gasteiger partial charge in [-0.3, -0.25) is 4.79 Å². The van der Waals surface area contributed by atoms with Crippen molar-refractivity contribution in [1.29, 1.82) is 0 Å². The number of hydrogen-bond donors (Lipinski definition) is 3. The maximum absolute atomic E-state index is 13.2. The third-order valence-corrected chi connectivity index (χ3v) is 15.2. The standard InChI is InChI=1S/C16H19F9O4.C14H20O3.C12H14O4.C8H10O4/c1-7(2)11(26)29-10-5-8(12(3,27)14(17,18)19)4-9(6-10)13(28,15(20,21)22)16(23,24)25;1-9(2)12(15)17-14-6-10-3-11(7-14)5-13(16,4-10)8-14;1-5(2)11(13)15-9-6-3-7-8(4-6)12(14)16-10(7)9;1-5(2)7(9)12-6-3-4-11-8(6)10/h8-10,27-28H,1,4-6H2,2-3H3;10-11,16H,1,3-8H2,2H3;6-10H,1,3-4H2,2H3;6H,1,3-4H2,2H3. The molecule has 6 bridgehead atoms. The van der Waals surface area contributed by atoms with E-state index in [1.165, 1.54) is 13.3 Å². The zero-order valence-electron chi connectivity index (χ0n) is 41.5. The molecule has 2 saturated heterocycles. The van der Waals surface area contributed by atoms with Gasteiger partial charge in [-0.1, -0.05) is 26.3 Å². The molecule has 9 aliphatic rings. The molecule has 9 rings (SSSR count). The van der Waals surface area contributed by atoms with Crippen molar-refractivity contribution in [3.05, 3.63) is 48.6 Å². The number of esters is 6. The first-order valence-electron chi connectivity index (χ1n) is 24.0. The second-order valence-electron chi connectivity index (χ2n) is 21.5. The average Bonchev–Trinajstić information content (AvgIpc) is 4.00. The Hall–Kier alpha value is -4.97. The van der Waals surface area contributed by atoms with E-state index < -0.39 is 102 Å². The number of carbonyl (C=O) groups excluding carboxylic acids is 6. The number of halogens is 9. The molecule has 74 heavy (non-hydrogen) atoms. The highest BCUT2D eigenvalue weighted by molar-refractivity contribution is 5.90. The monoisotopic (exact) mass is 1070 g/mol. The summed E-state index contributed by atoms with van der Waals surface area (Å²) < 4.78 is 149. The number of fused-ring (bicyclic) bond motifs is 1. The molecule has 2 aliphatic heterocycles. The molecule has 12 atom stereocenters. The molecular weight excluding hydrogens is 1010 g/mol. The van der Waals surface area contributed by atoms with Crippen LogP contribution in [0.2, 0.25) is 0 Å². The SMILES string of the molecule is C=C(C)C(=O)OC12CC3CC(CC(O)(C3)C1)C2.C=C(C)C(=O)OC1C2CC3C(=O)OC1C3C2.C=C(C)C(=O)OC1CC(C(C)(O)C(F)(F)F)CC(C(O)(C(F)(F)F)C(F)(F)F)C1.C=C(C)C(=O)OC1CCOC1=O. The number of ether oxygens (including phenoxy) is 6. The van der Waals surface area contributed by atoms with Gasteiger partial charge in [0.1, 0.15) is 23.9 Å². The van der Waals surface area contributed by atoms with E-state index in [1.807, 2.05) is 0 Å². The maximum atomic E-state index is 13.2. The van der Waals surface area contributed by atoms with Crippen LogP contribution in [-0.2, 0) is 57.2 Å². The fraction of sp³-hybridized carbons (Fsp3) is 0.720. The predicted octanol–water partition coefficient (Wildman–Crippen LogP) is 7.73. The Bertz CT molecular complexity index is 2220. The molecule has 2 heterocycles. The first kappa shape index (κ1) is 59.9. The van der Waals surface area contributed by atoms with Gasteiger partial charge in [0, 0.05) is 58.8 Å². The molecule has 0 radical (unpaired) electrons. The highest BCUT2D eigenvalue weighted by Gasteiger charge is 2.75. The van der Waals surface area contributed by atoms with Gasteiger partial charge in [0.05, 0.1) is 18.1 Å². The number of carbonyl (C=O) groups is 6. The minimum atomic E-state index is -6.29. The van der Waals surface area contributed by atoms with Crippen LogP contribution in [-0.4, -0.2) is 123 Å². The van der Waals surface area contributed by atoms with Crippen LogP contribution < -0.4 is 0 Å². The van der Waals surface area contributed by atoms with Crippen molar-refractivity contribution >= 4 is 35.8 Å². The van der Waals surface area contributed by atoms with Crippen molar-refractivity contribution in [2.75, 3.05) is 6.61 Å². The molecule has 7 saturated carbocycles. The van der Waals surface area contributed by atoms with Gasteiger partial charge in [0.2, 0.25) is 6.10 Å². The Labute approximate surface area is 420 Å². The lowest BCUT2D eigenvalue weighted by Gasteiger charge is -2.59. The van der Waals surface area contributed by atoms with Crippen molar-refractivity contribution in [3.8, 4) is 0 Å². The zero-order chi connectivity index (χ0) is 56.1. The fourth-order valence-electron chi connectivity index (χ4n) is 11.9. The number of alkyl halides is 9. The van der Waals surface area contributed by atoms with Crippen molar-refractivity contribution < 1.29 is 112 Å². The van der Waals surface area contributed by atoms with Gasteiger partial charge >= 0.3 is 54.3 Å². The Morgan fingerprint density at radius 3 is 1.59 bits per heavy atom. The molecule has 0 aromatic rings. The van der Waals surface area contributed by atoms with Crippen molar-refractivity contribution in [2.24, 2.45) is 41.4 Å². The largest absolute Gasteiger partial charge is 0.463 e. The van der Waals surface area contributed by atoms with Gasteiger partial charge in [-0.25, -0.2) is 24.0 Å². The summed E-state index contributed by atoms with van der Waals surface area (Å²) in [6, 6.07) is 0. The molecule has 0 amide bonds. The molecule has 24 heteroatoms. The van der Waals surface area contributed by atoms with E-state index in [9.17, 15) is 83.6 Å². The zero-order valence-corrected chi connectivity index (χ0v) is 41.5. The Morgan fingerprint density at radius 1 is 0.635 bits per heavy atom. The number of hydrogen-bond acceptors (Lipinski definition) is 15. The van der Waals surface area contributed by atoms with E-state index in [4.69, 9.17) is 18.9 Å². The topological polar surface area (TPSA) is 218 Å². The number of rotatable bonds is 10. The van der Waals surface area contributed by atoms with Crippen LogP contribution >= 0.6 is 0 Å². The Morgan fingerprint density at radius 2 is 1.14 bits per heavy atom. The lowest BCUT2D eigenvalue weighted by Crippen LogP contribution is -2.64. The predicted molar refractivity (Wildman–Crippen MR) is 237 cm³/mol. The van der Waals surface area contributed by atoms with Crippen LogP contribution in [0.5, 0.6) is 0 Å². The maximum Gasteiger partial charge on any atom is 0.426 e. The third kappa shape index (κ3) is 12.8. The summed E-state index contributed by atoms with van der Waals surface area (Å²) in [4.78, 5) is 68.0. The van der Waals surface area contributed by atoms with Crippen LogP contribution in [0.15, 0.2) is 48.6 Å². The summed E-state index contributed by atoms with van der Waals surface area (Å²) in [7, 11) is 0. The van der Waals surface area contributed by atoms with Crippen molar-refractivity contribution in [1.82, 2.24) is 0 Å². The van der Waals surface area contributed by atoms with Gasteiger partial charge in [-0.05, 0) is 111 Å². The molecule has 3 N–H and O–H groups in total.